The molecule has 0 saturated carbocycles. The molecule has 0 spiro atoms. The molecule has 0 amide bonds. The Kier molecular flexibility index (Phi) is 4.85. The predicted molar refractivity (Wildman–Crippen MR) is 102 cm³/mol. The Morgan fingerprint density at radius 3 is 2.80 bits per heavy atom. The molecule has 1 aliphatic heterocycles. The van der Waals surface area contributed by atoms with E-state index in [0.29, 0.717) is 11.7 Å². The molecule has 1 N–H and O–H groups in total. The fourth-order valence-corrected chi connectivity index (χ4v) is 4.36. The zero-order valence-corrected chi connectivity index (χ0v) is 15.3. The van der Waals surface area contributed by atoms with Crippen molar-refractivity contribution in [2.45, 2.75) is 44.2 Å². The van der Waals surface area contributed by atoms with Crippen LogP contribution in [-0.4, -0.2) is 44.8 Å². The molecule has 2 aromatic rings. The lowest BCUT2D eigenvalue weighted by Crippen LogP contribution is -2.47. The number of aromatic nitrogens is 2. The minimum absolute atomic E-state index is 0.509. The molecule has 0 aromatic carbocycles. The summed E-state index contributed by atoms with van der Waals surface area (Å²) in [5.41, 5.74) is 1.29. The molecule has 1 atom stereocenters. The summed E-state index contributed by atoms with van der Waals surface area (Å²) in [5.74, 6) is 0.792. The first-order valence-electron chi connectivity index (χ1n) is 9.32. The summed E-state index contributed by atoms with van der Waals surface area (Å²) in [7, 11) is 0. The molecule has 5 heteroatoms. The van der Waals surface area contributed by atoms with E-state index in [2.05, 4.69) is 26.6 Å². The highest BCUT2D eigenvalue weighted by molar-refractivity contribution is 6.29. The lowest BCUT2D eigenvalue weighted by molar-refractivity contribution is -0.0360. The maximum absolute atomic E-state index is 11.1. The van der Waals surface area contributed by atoms with Crippen molar-refractivity contribution < 1.29 is 5.11 Å². The highest BCUT2D eigenvalue weighted by Gasteiger charge is 2.33. The molecule has 1 saturated heterocycles. The normalized spacial score (nSPS) is 24.0. The maximum Gasteiger partial charge on any atom is 0.129 e. The van der Waals surface area contributed by atoms with Gasteiger partial charge in [-0.3, -0.25) is 0 Å². The van der Waals surface area contributed by atoms with Gasteiger partial charge in [-0.05, 0) is 56.2 Å². The van der Waals surface area contributed by atoms with Crippen molar-refractivity contribution in [1.82, 2.24) is 14.5 Å². The highest BCUT2D eigenvalue weighted by atomic mass is 35.5. The van der Waals surface area contributed by atoms with Crippen molar-refractivity contribution in [2.24, 2.45) is 5.92 Å². The Morgan fingerprint density at radius 2 is 2.04 bits per heavy atom. The number of halogens is 1. The van der Waals surface area contributed by atoms with Crippen molar-refractivity contribution in [3.8, 4) is 0 Å². The summed E-state index contributed by atoms with van der Waals surface area (Å²) >= 11 is 5.96. The largest absolute Gasteiger partial charge is 0.388 e. The van der Waals surface area contributed by atoms with Crippen LogP contribution in [0.25, 0.3) is 11.0 Å². The van der Waals surface area contributed by atoms with E-state index in [1.807, 2.05) is 24.4 Å². The molecular formula is C20H26ClN3O. The van der Waals surface area contributed by atoms with Crippen LogP contribution >= 0.6 is 11.6 Å². The van der Waals surface area contributed by atoms with Crippen LogP contribution in [0.1, 0.15) is 32.1 Å². The van der Waals surface area contributed by atoms with E-state index in [9.17, 15) is 5.11 Å². The Balaban J connectivity index is 1.37. The third-order valence-corrected chi connectivity index (χ3v) is 5.95. The molecule has 2 aromatic heterocycles. The summed E-state index contributed by atoms with van der Waals surface area (Å²) < 4.78 is 2.11. The first-order valence-corrected chi connectivity index (χ1v) is 9.70. The number of allylic oxidation sites excluding steroid dienone is 2. The second kappa shape index (κ2) is 7.10. The Labute approximate surface area is 154 Å². The molecule has 25 heavy (non-hydrogen) atoms. The zero-order valence-electron chi connectivity index (χ0n) is 14.6. The highest BCUT2D eigenvalue weighted by Crippen LogP contribution is 2.28. The van der Waals surface area contributed by atoms with E-state index < -0.39 is 5.60 Å². The summed E-state index contributed by atoms with van der Waals surface area (Å²) in [6.45, 7) is 3.77. The van der Waals surface area contributed by atoms with Gasteiger partial charge in [0.2, 0.25) is 0 Å². The Morgan fingerprint density at radius 1 is 1.20 bits per heavy atom. The average molecular weight is 360 g/mol. The second-order valence-corrected chi connectivity index (χ2v) is 8.04. The summed E-state index contributed by atoms with van der Waals surface area (Å²) in [5, 5.41) is 11.6. The number of pyridine rings is 1. The van der Waals surface area contributed by atoms with Crippen LogP contribution in [0.3, 0.4) is 0 Å². The van der Waals surface area contributed by atoms with E-state index in [-0.39, 0.29) is 0 Å². The van der Waals surface area contributed by atoms with E-state index in [1.165, 1.54) is 25.8 Å². The monoisotopic (exact) mass is 359 g/mol. The smallest absolute Gasteiger partial charge is 0.129 e. The third-order valence-electron chi connectivity index (χ3n) is 5.74. The molecular weight excluding hydrogens is 334 g/mol. The fourth-order valence-electron chi connectivity index (χ4n) is 4.20. The summed E-state index contributed by atoms with van der Waals surface area (Å²) in [6.07, 6.45) is 12.0. The SMILES string of the molecule is OC1(Cn2ccc3nc(Cl)ccc32)CCN(CC2CC=CCC2)CC1. The standard InChI is InChI=1S/C20H26ClN3O/c21-19-7-6-18-17(22-19)8-11-24(18)15-20(25)9-12-23(13-10-20)14-16-4-2-1-3-5-16/h1-2,6-8,11,16,25H,3-5,9-10,12-15H2. The number of piperidine rings is 1. The van der Waals surface area contributed by atoms with Gasteiger partial charge in [0.1, 0.15) is 5.15 Å². The topological polar surface area (TPSA) is 41.3 Å². The van der Waals surface area contributed by atoms with E-state index >= 15 is 0 Å². The molecule has 0 radical (unpaired) electrons. The minimum atomic E-state index is -0.630. The molecule has 1 fully saturated rings. The molecule has 4 nitrogen and oxygen atoms in total. The number of hydrogen-bond donors (Lipinski definition) is 1. The lowest BCUT2D eigenvalue weighted by Gasteiger charge is -2.40. The lowest BCUT2D eigenvalue weighted by atomic mass is 9.89. The van der Waals surface area contributed by atoms with Gasteiger partial charge in [0.25, 0.3) is 0 Å². The van der Waals surface area contributed by atoms with E-state index in [0.717, 1.165) is 42.9 Å². The molecule has 3 heterocycles. The number of rotatable bonds is 4. The van der Waals surface area contributed by atoms with Crippen LogP contribution in [0.4, 0.5) is 0 Å². The van der Waals surface area contributed by atoms with Crippen molar-refractivity contribution in [3.05, 3.63) is 41.7 Å². The van der Waals surface area contributed by atoms with Crippen LogP contribution in [0.5, 0.6) is 0 Å². The number of aliphatic hydroxyl groups is 1. The fraction of sp³-hybridized carbons (Fsp3) is 0.550. The number of likely N-dealkylation sites (tertiary alicyclic amines) is 1. The minimum Gasteiger partial charge on any atom is -0.388 e. The first-order chi connectivity index (χ1) is 12.1. The van der Waals surface area contributed by atoms with Gasteiger partial charge in [0.05, 0.1) is 23.2 Å². The van der Waals surface area contributed by atoms with Gasteiger partial charge in [0.15, 0.2) is 0 Å². The molecule has 134 valence electrons. The van der Waals surface area contributed by atoms with Crippen LogP contribution in [0, 0.1) is 5.92 Å². The maximum atomic E-state index is 11.1. The summed E-state index contributed by atoms with van der Waals surface area (Å²) in [4.78, 5) is 6.87. The van der Waals surface area contributed by atoms with Gasteiger partial charge in [-0.2, -0.15) is 0 Å². The first kappa shape index (κ1) is 17.1. The number of hydrogen-bond acceptors (Lipinski definition) is 3. The van der Waals surface area contributed by atoms with Gasteiger partial charge in [-0.1, -0.05) is 23.8 Å². The van der Waals surface area contributed by atoms with Crippen LogP contribution < -0.4 is 0 Å². The predicted octanol–water partition coefficient (Wildman–Crippen LogP) is 3.87. The Hall–Kier alpha value is -1.36. The molecule has 1 aliphatic carbocycles. The molecule has 2 aliphatic rings. The van der Waals surface area contributed by atoms with Crippen molar-refractivity contribution >= 4 is 22.6 Å². The number of nitrogens with zero attached hydrogens (tertiary/aromatic N) is 3. The van der Waals surface area contributed by atoms with Crippen molar-refractivity contribution in [1.29, 1.82) is 0 Å². The van der Waals surface area contributed by atoms with Gasteiger partial charge < -0.3 is 14.6 Å². The van der Waals surface area contributed by atoms with Gasteiger partial charge in [-0.15, -0.1) is 0 Å². The average Bonchev–Trinajstić information content (AvgIpc) is 3.00. The zero-order chi connectivity index (χ0) is 17.3. The molecule has 0 bridgehead atoms. The Bertz CT molecular complexity index is 761. The van der Waals surface area contributed by atoms with Crippen molar-refractivity contribution in [3.63, 3.8) is 0 Å². The molecule has 1 unspecified atom stereocenters. The van der Waals surface area contributed by atoms with Crippen molar-refractivity contribution in [2.75, 3.05) is 19.6 Å². The van der Waals surface area contributed by atoms with Crippen LogP contribution in [0.15, 0.2) is 36.5 Å². The van der Waals surface area contributed by atoms with Gasteiger partial charge in [-0.25, -0.2) is 4.98 Å². The molecule has 4 rings (SSSR count). The van der Waals surface area contributed by atoms with Crippen LogP contribution in [0.2, 0.25) is 5.15 Å². The number of fused-ring (bicyclic) bond motifs is 1. The van der Waals surface area contributed by atoms with Gasteiger partial charge >= 0.3 is 0 Å². The quantitative estimate of drug-likeness (QED) is 0.665. The third kappa shape index (κ3) is 3.91. The summed E-state index contributed by atoms with van der Waals surface area (Å²) in [6, 6.07) is 5.77. The van der Waals surface area contributed by atoms with E-state index in [4.69, 9.17) is 11.6 Å². The van der Waals surface area contributed by atoms with Crippen LogP contribution in [-0.2, 0) is 6.54 Å². The second-order valence-electron chi connectivity index (χ2n) is 7.66. The van der Waals surface area contributed by atoms with E-state index in [1.54, 1.807) is 0 Å². The van der Waals surface area contributed by atoms with Gasteiger partial charge in [0, 0.05) is 25.8 Å².